The van der Waals surface area contributed by atoms with Crippen LogP contribution in [0.1, 0.15) is 33.3 Å². The van der Waals surface area contributed by atoms with Crippen LogP contribution < -0.4 is 10.1 Å². The van der Waals surface area contributed by atoms with Gasteiger partial charge in [0.25, 0.3) is 5.91 Å². The zero-order valence-electron chi connectivity index (χ0n) is 15.3. The number of hydrogen-bond donors (Lipinski definition) is 1. The Bertz CT molecular complexity index is 961. The molecule has 0 atom stereocenters. The van der Waals surface area contributed by atoms with Crippen LogP contribution in [-0.4, -0.2) is 28.5 Å². The van der Waals surface area contributed by atoms with Crippen LogP contribution in [0.2, 0.25) is 0 Å². The lowest BCUT2D eigenvalue weighted by Crippen LogP contribution is -2.17. The summed E-state index contributed by atoms with van der Waals surface area (Å²) in [5.74, 6) is -0.709. The number of amides is 1. The van der Waals surface area contributed by atoms with Crippen LogP contribution in [0.3, 0.4) is 0 Å². The predicted molar refractivity (Wildman–Crippen MR) is 103 cm³/mol. The highest BCUT2D eigenvalue weighted by molar-refractivity contribution is 6.07. The number of esters is 1. The summed E-state index contributed by atoms with van der Waals surface area (Å²) < 4.78 is 10.6. The van der Waals surface area contributed by atoms with Gasteiger partial charge in [-0.1, -0.05) is 42.5 Å². The molecule has 0 bridgehead atoms. The van der Waals surface area contributed by atoms with Gasteiger partial charge in [-0.2, -0.15) is 0 Å². The first-order valence-electron chi connectivity index (χ1n) is 8.73. The Hall–Kier alpha value is -3.74. The number of hydrogen-bond acceptors (Lipinski definition) is 6. The van der Waals surface area contributed by atoms with Gasteiger partial charge in [-0.15, -0.1) is 0 Å². The van der Waals surface area contributed by atoms with E-state index in [9.17, 15) is 9.59 Å². The highest BCUT2D eigenvalue weighted by atomic mass is 16.5. The number of ether oxygens (including phenoxy) is 2. The Morgan fingerprint density at radius 1 is 1.00 bits per heavy atom. The number of aromatic nitrogens is 2. The molecule has 0 spiro atoms. The minimum Gasteiger partial charge on any atom is -0.473 e. The van der Waals surface area contributed by atoms with Crippen LogP contribution in [0.25, 0.3) is 0 Å². The lowest BCUT2D eigenvalue weighted by atomic mass is 10.1. The van der Waals surface area contributed by atoms with Crippen molar-refractivity contribution >= 4 is 17.6 Å². The number of carbonyl (C=O) groups excluding carboxylic acids is 2. The van der Waals surface area contributed by atoms with Gasteiger partial charge in [0.1, 0.15) is 18.6 Å². The van der Waals surface area contributed by atoms with Crippen molar-refractivity contribution in [2.45, 2.75) is 13.5 Å². The third kappa shape index (κ3) is 4.91. The average molecular weight is 377 g/mol. The standard InChI is InChI=1S/C21H19N3O4/c1-2-27-21(26)16-10-6-7-11-17(16)24-20(25)18-12-19(23-14-22-18)28-13-15-8-4-3-5-9-15/h3-12,14H,2,13H2,1H3,(H,24,25). The molecule has 3 rings (SSSR count). The molecule has 0 radical (unpaired) electrons. The van der Waals surface area contributed by atoms with Crippen molar-refractivity contribution < 1.29 is 19.1 Å². The van der Waals surface area contributed by atoms with Gasteiger partial charge in [0.2, 0.25) is 5.88 Å². The second kappa shape index (κ2) is 9.27. The van der Waals surface area contributed by atoms with E-state index < -0.39 is 11.9 Å². The highest BCUT2D eigenvalue weighted by Crippen LogP contribution is 2.18. The maximum atomic E-state index is 12.6. The minimum atomic E-state index is -0.507. The van der Waals surface area contributed by atoms with Crippen molar-refractivity contribution in [3.63, 3.8) is 0 Å². The van der Waals surface area contributed by atoms with E-state index in [4.69, 9.17) is 9.47 Å². The Labute approximate surface area is 162 Å². The SMILES string of the molecule is CCOC(=O)c1ccccc1NC(=O)c1cc(OCc2ccccc2)ncn1. The molecule has 0 aliphatic heterocycles. The van der Waals surface area contributed by atoms with E-state index in [1.54, 1.807) is 31.2 Å². The van der Waals surface area contributed by atoms with Crippen molar-refractivity contribution in [1.29, 1.82) is 0 Å². The zero-order chi connectivity index (χ0) is 19.8. The van der Waals surface area contributed by atoms with Crippen molar-refractivity contribution in [3.05, 3.63) is 83.8 Å². The summed E-state index contributed by atoms with van der Waals surface area (Å²) in [6.07, 6.45) is 1.26. The molecule has 3 aromatic rings. The van der Waals surface area contributed by atoms with E-state index >= 15 is 0 Å². The van der Waals surface area contributed by atoms with Crippen molar-refractivity contribution in [2.75, 3.05) is 11.9 Å². The van der Waals surface area contributed by atoms with E-state index in [0.717, 1.165) is 5.56 Å². The number of para-hydroxylation sites is 1. The number of rotatable bonds is 7. The minimum absolute atomic E-state index is 0.122. The largest absolute Gasteiger partial charge is 0.473 e. The average Bonchev–Trinajstić information content (AvgIpc) is 2.74. The third-order valence-electron chi connectivity index (χ3n) is 3.77. The smallest absolute Gasteiger partial charge is 0.340 e. The molecule has 7 nitrogen and oxygen atoms in total. The highest BCUT2D eigenvalue weighted by Gasteiger charge is 2.16. The lowest BCUT2D eigenvalue weighted by molar-refractivity contribution is 0.0527. The number of nitrogens with zero attached hydrogens (tertiary/aromatic N) is 2. The van der Waals surface area contributed by atoms with Crippen molar-refractivity contribution in [1.82, 2.24) is 9.97 Å². The first-order chi connectivity index (χ1) is 13.7. The van der Waals surface area contributed by atoms with Crippen molar-refractivity contribution in [3.8, 4) is 5.88 Å². The maximum absolute atomic E-state index is 12.6. The van der Waals surface area contributed by atoms with Gasteiger partial charge in [0, 0.05) is 6.07 Å². The fourth-order valence-corrected chi connectivity index (χ4v) is 2.44. The maximum Gasteiger partial charge on any atom is 0.340 e. The number of anilines is 1. The number of nitrogens with one attached hydrogen (secondary N) is 1. The Morgan fingerprint density at radius 2 is 1.75 bits per heavy atom. The summed E-state index contributed by atoms with van der Waals surface area (Å²) >= 11 is 0. The molecule has 1 N–H and O–H groups in total. The van der Waals surface area contributed by atoms with Gasteiger partial charge in [-0.3, -0.25) is 4.79 Å². The Kier molecular flexibility index (Phi) is 6.30. The predicted octanol–water partition coefficient (Wildman–Crippen LogP) is 3.48. The monoisotopic (exact) mass is 377 g/mol. The topological polar surface area (TPSA) is 90.4 Å². The van der Waals surface area contributed by atoms with Gasteiger partial charge in [0.15, 0.2) is 0 Å². The van der Waals surface area contributed by atoms with Crippen LogP contribution >= 0.6 is 0 Å². The molecule has 0 aliphatic carbocycles. The number of carbonyl (C=O) groups is 2. The van der Waals surface area contributed by atoms with Crippen LogP contribution in [-0.2, 0) is 11.3 Å². The Morgan fingerprint density at radius 3 is 2.54 bits per heavy atom. The second-order valence-electron chi connectivity index (χ2n) is 5.74. The molecule has 0 aliphatic rings. The molecule has 0 saturated heterocycles. The molecule has 2 aromatic carbocycles. The summed E-state index contributed by atoms with van der Waals surface area (Å²) in [6, 6.07) is 17.7. The summed E-state index contributed by atoms with van der Waals surface area (Å²) in [5.41, 5.74) is 1.72. The van der Waals surface area contributed by atoms with Crippen LogP contribution in [0.4, 0.5) is 5.69 Å². The lowest BCUT2D eigenvalue weighted by Gasteiger charge is -2.10. The van der Waals surface area contributed by atoms with E-state index in [2.05, 4.69) is 15.3 Å². The molecule has 0 unspecified atom stereocenters. The molecule has 7 heteroatoms. The molecule has 1 aromatic heterocycles. The van der Waals surface area contributed by atoms with Crippen LogP contribution in [0, 0.1) is 0 Å². The molecular weight excluding hydrogens is 358 g/mol. The first kappa shape index (κ1) is 19.0. The summed E-state index contributed by atoms with van der Waals surface area (Å²) in [7, 11) is 0. The van der Waals surface area contributed by atoms with Gasteiger partial charge in [-0.05, 0) is 24.6 Å². The van der Waals surface area contributed by atoms with E-state index in [-0.39, 0.29) is 23.7 Å². The first-order valence-corrected chi connectivity index (χ1v) is 8.73. The van der Waals surface area contributed by atoms with E-state index in [1.807, 2.05) is 30.3 Å². The molecule has 1 amide bonds. The fraction of sp³-hybridized carbons (Fsp3) is 0.143. The molecule has 1 heterocycles. The normalized spacial score (nSPS) is 10.2. The molecule has 0 fully saturated rings. The van der Waals surface area contributed by atoms with Crippen molar-refractivity contribution in [2.24, 2.45) is 0 Å². The summed E-state index contributed by atoms with van der Waals surface area (Å²) in [4.78, 5) is 32.6. The molecular formula is C21H19N3O4. The van der Waals surface area contributed by atoms with Crippen LogP contribution in [0.15, 0.2) is 67.0 Å². The third-order valence-corrected chi connectivity index (χ3v) is 3.77. The quantitative estimate of drug-likeness (QED) is 0.634. The fourth-order valence-electron chi connectivity index (χ4n) is 2.44. The van der Waals surface area contributed by atoms with Gasteiger partial charge < -0.3 is 14.8 Å². The second-order valence-corrected chi connectivity index (χ2v) is 5.74. The summed E-state index contributed by atoms with van der Waals surface area (Å²) in [6.45, 7) is 2.29. The number of benzene rings is 2. The molecule has 142 valence electrons. The van der Waals surface area contributed by atoms with E-state index in [0.29, 0.717) is 12.3 Å². The van der Waals surface area contributed by atoms with Gasteiger partial charge >= 0.3 is 5.97 Å². The van der Waals surface area contributed by atoms with Gasteiger partial charge in [0.05, 0.1) is 17.9 Å². The summed E-state index contributed by atoms with van der Waals surface area (Å²) in [5, 5.41) is 2.68. The molecule has 0 saturated carbocycles. The molecule has 28 heavy (non-hydrogen) atoms. The van der Waals surface area contributed by atoms with Gasteiger partial charge in [-0.25, -0.2) is 14.8 Å². The van der Waals surface area contributed by atoms with Crippen LogP contribution in [0.5, 0.6) is 5.88 Å². The Balaban J connectivity index is 1.71. The van der Waals surface area contributed by atoms with E-state index in [1.165, 1.54) is 12.4 Å². The zero-order valence-corrected chi connectivity index (χ0v) is 15.3.